The number of carboxylic acid groups (broad SMARTS) is 1. The molecule has 2 aliphatic rings. The van der Waals surface area contributed by atoms with Crippen LogP contribution in [0.1, 0.15) is 43.0 Å². The SMILES string of the molecule is CC(=O)OCCCS(=O)(=O)N[C@@H](CNC(=O)c1ccc(N2CCC[C@H](NC3=NCCCN3)C2)cc1)C(=O)O. The number of carbonyl (C=O) groups is 3. The number of aliphatic imine (C=N–C) groups is 1. The molecule has 1 saturated heterocycles. The number of carboxylic acids is 1. The maximum atomic E-state index is 12.6. The molecule has 1 amide bonds. The van der Waals surface area contributed by atoms with Crippen molar-refractivity contribution in [3.8, 4) is 0 Å². The fourth-order valence-corrected chi connectivity index (χ4v) is 5.43. The molecule has 1 aromatic carbocycles. The van der Waals surface area contributed by atoms with E-state index in [-0.39, 0.29) is 19.1 Å². The third kappa shape index (κ3) is 9.49. The van der Waals surface area contributed by atoms with Crippen LogP contribution in [0.25, 0.3) is 0 Å². The van der Waals surface area contributed by atoms with Crippen LogP contribution < -0.4 is 25.6 Å². The molecule has 2 heterocycles. The van der Waals surface area contributed by atoms with Gasteiger partial charge in [-0.1, -0.05) is 0 Å². The summed E-state index contributed by atoms with van der Waals surface area (Å²) in [5, 5.41) is 18.6. The Hall–Kier alpha value is -3.39. The predicted octanol–water partition coefficient (Wildman–Crippen LogP) is -0.350. The molecule has 210 valence electrons. The topological polar surface area (TPSA) is 179 Å². The number of sulfonamides is 1. The minimum Gasteiger partial charge on any atom is -0.480 e. The number of benzene rings is 1. The zero-order valence-electron chi connectivity index (χ0n) is 21.4. The molecule has 13 nitrogen and oxygen atoms in total. The fraction of sp³-hybridized carbons (Fsp3) is 0.583. The maximum Gasteiger partial charge on any atom is 0.323 e. The number of guanidine groups is 1. The van der Waals surface area contributed by atoms with Crippen LogP contribution in [-0.4, -0.2) is 94.5 Å². The van der Waals surface area contributed by atoms with Gasteiger partial charge in [-0.25, -0.2) is 8.42 Å². The van der Waals surface area contributed by atoms with Crippen LogP contribution in [-0.2, 0) is 24.3 Å². The van der Waals surface area contributed by atoms with Gasteiger partial charge in [0.2, 0.25) is 10.0 Å². The minimum atomic E-state index is -3.96. The predicted molar refractivity (Wildman–Crippen MR) is 142 cm³/mol. The first-order valence-electron chi connectivity index (χ1n) is 12.7. The number of hydrogen-bond donors (Lipinski definition) is 5. The second kappa shape index (κ2) is 14.0. The van der Waals surface area contributed by atoms with Crippen molar-refractivity contribution in [2.24, 2.45) is 4.99 Å². The molecule has 3 rings (SSSR count). The number of nitrogens with zero attached hydrogens (tertiary/aromatic N) is 2. The molecule has 0 saturated carbocycles. The third-order valence-corrected chi connectivity index (χ3v) is 7.57. The van der Waals surface area contributed by atoms with E-state index in [9.17, 15) is 27.9 Å². The molecule has 0 unspecified atom stereocenters. The van der Waals surface area contributed by atoms with E-state index in [0.29, 0.717) is 5.56 Å². The van der Waals surface area contributed by atoms with Gasteiger partial charge in [0.15, 0.2) is 5.96 Å². The molecule has 1 aromatic rings. The highest BCUT2D eigenvalue weighted by atomic mass is 32.2. The normalized spacial score (nSPS) is 18.5. The van der Waals surface area contributed by atoms with Crippen LogP contribution in [0.3, 0.4) is 0 Å². The van der Waals surface area contributed by atoms with E-state index in [0.717, 1.165) is 57.1 Å². The Bertz CT molecular complexity index is 1110. The molecule has 2 atom stereocenters. The van der Waals surface area contributed by atoms with Crippen molar-refractivity contribution in [3.05, 3.63) is 29.8 Å². The molecule has 14 heteroatoms. The first-order chi connectivity index (χ1) is 18.1. The molecule has 2 aliphatic heterocycles. The molecule has 0 bridgehead atoms. The lowest BCUT2D eigenvalue weighted by molar-refractivity contribution is -0.141. The fourth-order valence-electron chi connectivity index (χ4n) is 4.19. The van der Waals surface area contributed by atoms with E-state index in [1.165, 1.54) is 6.92 Å². The Kier molecular flexibility index (Phi) is 10.7. The molecule has 1 fully saturated rings. The van der Waals surface area contributed by atoms with Crippen LogP contribution in [0.2, 0.25) is 0 Å². The smallest absolute Gasteiger partial charge is 0.323 e. The van der Waals surface area contributed by atoms with Crippen molar-refractivity contribution in [1.82, 2.24) is 20.7 Å². The highest BCUT2D eigenvalue weighted by Gasteiger charge is 2.25. The van der Waals surface area contributed by atoms with Crippen molar-refractivity contribution >= 4 is 39.5 Å². The molecular formula is C24H36N6O7S. The Morgan fingerprint density at radius 2 is 2.00 bits per heavy atom. The number of anilines is 1. The lowest BCUT2D eigenvalue weighted by Crippen LogP contribution is -2.52. The standard InChI is InChI=1S/C24H36N6O7S/c1-17(31)37-13-4-14-38(35,36)29-21(23(33)34)15-27-22(32)18-6-8-20(9-7-18)30-12-2-5-19(16-30)28-24-25-10-3-11-26-24/h6-9,19,21,29H,2-5,10-16H2,1H3,(H,27,32)(H,33,34)(H2,25,26,28)/t19-,21-/m0/s1. The van der Waals surface area contributed by atoms with E-state index in [1.54, 1.807) is 12.1 Å². The summed E-state index contributed by atoms with van der Waals surface area (Å²) < 4.78 is 31.1. The van der Waals surface area contributed by atoms with E-state index < -0.39 is 46.2 Å². The zero-order valence-corrected chi connectivity index (χ0v) is 22.3. The average molecular weight is 553 g/mol. The molecule has 5 N–H and O–H groups in total. The highest BCUT2D eigenvalue weighted by molar-refractivity contribution is 7.89. The number of ether oxygens (including phenoxy) is 1. The largest absolute Gasteiger partial charge is 0.480 e. The van der Waals surface area contributed by atoms with Gasteiger partial charge in [-0.05, 0) is 49.9 Å². The lowest BCUT2D eigenvalue weighted by atomic mass is 10.0. The van der Waals surface area contributed by atoms with Crippen molar-refractivity contribution < 1.29 is 32.6 Å². The van der Waals surface area contributed by atoms with Gasteiger partial charge in [-0.3, -0.25) is 19.4 Å². The summed E-state index contributed by atoms with van der Waals surface area (Å²) in [7, 11) is -3.96. The lowest BCUT2D eigenvalue weighted by Gasteiger charge is -2.35. The molecule has 0 aromatic heterocycles. The van der Waals surface area contributed by atoms with Crippen molar-refractivity contribution in [3.63, 3.8) is 0 Å². The average Bonchev–Trinajstić information content (AvgIpc) is 2.89. The Balaban J connectivity index is 1.49. The van der Waals surface area contributed by atoms with E-state index in [4.69, 9.17) is 0 Å². The quantitative estimate of drug-likeness (QED) is 0.170. The van der Waals surface area contributed by atoms with E-state index in [1.807, 2.05) is 12.1 Å². The second-order valence-electron chi connectivity index (χ2n) is 9.22. The Morgan fingerprint density at radius 3 is 2.66 bits per heavy atom. The van der Waals surface area contributed by atoms with Crippen LogP contribution in [0, 0.1) is 0 Å². The molecule has 0 aliphatic carbocycles. The monoisotopic (exact) mass is 552 g/mol. The van der Waals surface area contributed by atoms with Crippen LogP contribution in [0.4, 0.5) is 5.69 Å². The van der Waals surface area contributed by atoms with Gasteiger partial charge in [0.1, 0.15) is 6.04 Å². The van der Waals surface area contributed by atoms with Gasteiger partial charge >= 0.3 is 11.9 Å². The summed E-state index contributed by atoms with van der Waals surface area (Å²) in [4.78, 5) is 41.6. The second-order valence-corrected chi connectivity index (χ2v) is 11.1. The van der Waals surface area contributed by atoms with Gasteiger partial charge in [-0.2, -0.15) is 4.72 Å². The first kappa shape index (κ1) is 29.2. The summed E-state index contributed by atoms with van der Waals surface area (Å²) >= 11 is 0. The van der Waals surface area contributed by atoms with Gasteiger partial charge in [0.25, 0.3) is 5.91 Å². The highest BCUT2D eigenvalue weighted by Crippen LogP contribution is 2.21. The first-order valence-corrected chi connectivity index (χ1v) is 14.3. The van der Waals surface area contributed by atoms with E-state index in [2.05, 4.69) is 35.3 Å². The Morgan fingerprint density at radius 1 is 1.24 bits per heavy atom. The van der Waals surface area contributed by atoms with Crippen LogP contribution >= 0.6 is 0 Å². The number of carbonyl (C=O) groups excluding carboxylic acids is 2. The number of amides is 1. The van der Waals surface area contributed by atoms with Crippen molar-refractivity contribution in [2.75, 3.05) is 50.0 Å². The van der Waals surface area contributed by atoms with Gasteiger partial charge < -0.3 is 30.7 Å². The number of piperidine rings is 1. The summed E-state index contributed by atoms with van der Waals surface area (Å²) in [5.41, 5.74) is 1.30. The summed E-state index contributed by atoms with van der Waals surface area (Å²) in [6.45, 7) is 4.11. The minimum absolute atomic E-state index is 0.0133. The van der Waals surface area contributed by atoms with E-state index >= 15 is 0 Å². The number of esters is 1. The Labute approximate surface area is 222 Å². The zero-order chi connectivity index (χ0) is 27.5. The van der Waals surface area contributed by atoms with Crippen molar-refractivity contribution in [2.45, 2.75) is 44.7 Å². The molecule has 0 radical (unpaired) electrons. The van der Waals surface area contributed by atoms with Crippen LogP contribution in [0.5, 0.6) is 0 Å². The van der Waals surface area contributed by atoms with Gasteiger partial charge in [0, 0.05) is 56.9 Å². The summed E-state index contributed by atoms with van der Waals surface area (Å²) in [5.74, 6) is -2.05. The maximum absolute atomic E-state index is 12.6. The number of rotatable bonds is 12. The summed E-state index contributed by atoms with van der Waals surface area (Å²) in [6, 6.07) is 5.71. The van der Waals surface area contributed by atoms with Gasteiger partial charge in [0.05, 0.1) is 12.4 Å². The number of nitrogens with one attached hydrogen (secondary N) is 4. The van der Waals surface area contributed by atoms with Gasteiger partial charge in [-0.15, -0.1) is 0 Å². The molecule has 0 spiro atoms. The van der Waals surface area contributed by atoms with Crippen molar-refractivity contribution in [1.29, 1.82) is 0 Å². The number of aliphatic carboxylic acids is 1. The van der Waals surface area contributed by atoms with Crippen LogP contribution in [0.15, 0.2) is 29.3 Å². The molecule has 38 heavy (non-hydrogen) atoms. The third-order valence-electron chi connectivity index (χ3n) is 6.10. The number of hydrogen-bond acceptors (Lipinski definition) is 10. The summed E-state index contributed by atoms with van der Waals surface area (Å²) in [6.07, 6.45) is 3.11. The molecular weight excluding hydrogens is 516 g/mol.